The van der Waals surface area contributed by atoms with Crippen LogP contribution in [0.15, 0.2) is 53.9 Å². The first kappa shape index (κ1) is 16.5. The van der Waals surface area contributed by atoms with Crippen LogP contribution in [0, 0.1) is 0 Å². The minimum Gasteiger partial charge on any atom is -0.335 e. The SMILES string of the molecule is C[C@H]([NH2+]Cc1csc(-c2ccccc2Cl)n1)c1ccc(Cl)cc1. The van der Waals surface area contributed by atoms with Gasteiger partial charge in [0.05, 0.1) is 5.02 Å². The molecule has 3 aromatic rings. The fourth-order valence-corrected chi connectivity index (χ4v) is 3.64. The number of nitrogens with two attached hydrogens (primary N) is 1. The zero-order valence-electron chi connectivity index (χ0n) is 12.7. The molecule has 2 nitrogen and oxygen atoms in total. The molecule has 0 radical (unpaired) electrons. The minimum atomic E-state index is 0.359. The third kappa shape index (κ3) is 4.12. The summed E-state index contributed by atoms with van der Waals surface area (Å²) in [5.74, 6) is 0. The first-order valence-corrected chi connectivity index (χ1v) is 9.05. The highest BCUT2D eigenvalue weighted by molar-refractivity contribution is 7.13. The highest BCUT2D eigenvalue weighted by Gasteiger charge is 2.12. The van der Waals surface area contributed by atoms with E-state index in [0.29, 0.717) is 6.04 Å². The minimum absolute atomic E-state index is 0.359. The van der Waals surface area contributed by atoms with Crippen molar-refractivity contribution in [1.29, 1.82) is 0 Å². The molecule has 1 aromatic heterocycles. The number of halogens is 2. The Bertz CT molecular complexity index is 784. The molecule has 0 aliphatic carbocycles. The van der Waals surface area contributed by atoms with Crippen LogP contribution in [0.4, 0.5) is 0 Å². The summed E-state index contributed by atoms with van der Waals surface area (Å²) >= 11 is 13.8. The summed E-state index contributed by atoms with van der Waals surface area (Å²) in [6.07, 6.45) is 0. The third-order valence-corrected chi connectivity index (χ3v) is 5.24. The quantitative estimate of drug-likeness (QED) is 0.683. The van der Waals surface area contributed by atoms with Gasteiger partial charge in [0.25, 0.3) is 0 Å². The second-order valence-corrected chi connectivity index (χ2v) is 7.11. The summed E-state index contributed by atoms with van der Waals surface area (Å²) in [4.78, 5) is 4.70. The summed E-state index contributed by atoms with van der Waals surface area (Å²) in [6, 6.07) is 16.2. The number of nitrogens with zero attached hydrogens (tertiary/aromatic N) is 1. The molecule has 0 aliphatic heterocycles. The standard InChI is InChI=1S/C18H16Cl2N2S/c1-12(13-6-8-14(19)9-7-13)21-10-15-11-23-18(22-15)16-4-2-3-5-17(16)20/h2-9,11-12,21H,10H2,1H3/p+1/t12-/m0/s1. The molecule has 0 saturated carbocycles. The number of thiazole rings is 1. The van der Waals surface area contributed by atoms with Crippen LogP contribution >= 0.6 is 34.5 Å². The number of benzene rings is 2. The molecule has 118 valence electrons. The van der Waals surface area contributed by atoms with Crippen molar-refractivity contribution in [1.82, 2.24) is 4.98 Å². The van der Waals surface area contributed by atoms with Crippen LogP contribution in [0.1, 0.15) is 24.2 Å². The zero-order chi connectivity index (χ0) is 16.2. The van der Waals surface area contributed by atoms with Gasteiger partial charge in [0.15, 0.2) is 0 Å². The molecule has 1 heterocycles. The fraction of sp³-hybridized carbons (Fsp3) is 0.167. The third-order valence-electron chi connectivity index (χ3n) is 3.73. The lowest BCUT2D eigenvalue weighted by atomic mass is 10.1. The molecule has 0 spiro atoms. The van der Waals surface area contributed by atoms with Crippen molar-refractivity contribution >= 4 is 34.5 Å². The Kier molecular flexibility index (Phi) is 5.34. The van der Waals surface area contributed by atoms with E-state index in [1.54, 1.807) is 11.3 Å². The summed E-state index contributed by atoms with van der Waals surface area (Å²) in [5, 5.41) is 6.85. The van der Waals surface area contributed by atoms with Gasteiger partial charge >= 0.3 is 0 Å². The summed E-state index contributed by atoms with van der Waals surface area (Å²) < 4.78 is 0. The lowest BCUT2D eigenvalue weighted by Crippen LogP contribution is -2.83. The van der Waals surface area contributed by atoms with Gasteiger partial charge in [-0.2, -0.15) is 0 Å². The molecular weight excluding hydrogens is 347 g/mol. The fourth-order valence-electron chi connectivity index (χ4n) is 2.36. The molecule has 0 amide bonds. The summed E-state index contributed by atoms with van der Waals surface area (Å²) in [7, 11) is 0. The lowest BCUT2D eigenvalue weighted by molar-refractivity contribution is -0.708. The van der Waals surface area contributed by atoms with Gasteiger partial charge in [0.1, 0.15) is 23.3 Å². The molecule has 0 bridgehead atoms. The Labute approximate surface area is 150 Å². The number of rotatable bonds is 5. The molecule has 2 aromatic carbocycles. The first-order valence-electron chi connectivity index (χ1n) is 7.41. The Balaban J connectivity index is 1.65. The van der Waals surface area contributed by atoms with Crippen molar-refractivity contribution in [2.75, 3.05) is 0 Å². The predicted molar refractivity (Wildman–Crippen MR) is 98.1 cm³/mol. The predicted octanol–water partition coefficient (Wildman–Crippen LogP) is 4.94. The molecule has 5 heteroatoms. The van der Waals surface area contributed by atoms with E-state index in [-0.39, 0.29) is 0 Å². The smallest absolute Gasteiger partial charge is 0.125 e. The average molecular weight is 364 g/mol. The van der Waals surface area contributed by atoms with Crippen LogP contribution in [0.3, 0.4) is 0 Å². The van der Waals surface area contributed by atoms with Crippen molar-refractivity contribution < 1.29 is 5.32 Å². The Morgan fingerprint density at radius 2 is 1.83 bits per heavy atom. The van der Waals surface area contributed by atoms with Gasteiger partial charge in [-0.15, -0.1) is 11.3 Å². The average Bonchev–Trinajstić information content (AvgIpc) is 3.02. The van der Waals surface area contributed by atoms with E-state index in [1.807, 2.05) is 36.4 Å². The zero-order valence-corrected chi connectivity index (χ0v) is 15.0. The molecule has 2 N–H and O–H groups in total. The van der Waals surface area contributed by atoms with E-state index in [9.17, 15) is 0 Å². The van der Waals surface area contributed by atoms with Crippen LogP contribution in [0.25, 0.3) is 10.6 Å². The maximum atomic E-state index is 6.24. The maximum Gasteiger partial charge on any atom is 0.125 e. The van der Waals surface area contributed by atoms with Crippen molar-refractivity contribution in [3.63, 3.8) is 0 Å². The van der Waals surface area contributed by atoms with Crippen molar-refractivity contribution in [3.8, 4) is 10.6 Å². The van der Waals surface area contributed by atoms with E-state index < -0.39 is 0 Å². The molecule has 1 atom stereocenters. The van der Waals surface area contributed by atoms with Gasteiger partial charge < -0.3 is 5.32 Å². The van der Waals surface area contributed by atoms with E-state index in [4.69, 9.17) is 28.2 Å². The molecule has 0 aliphatic rings. The normalized spacial score (nSPS) is 12.3. The molecule has 0 fully saturated rings. The van der Waals surface area contributed by atoms with Crippen LogP contribution in [0.5, 0.6) is 0 Å². The van der Waals surface area contributed by atoms with Crippen LogP contribution in [0.2, 0.25) is 10.0 Å². The molecule has 0 unspecified atom stereocenters. The Morgan fingerprint density at radius 3 is 2.57 bits per heavy atom. The van der Waals surface area contributed by atoms with Gasteiger partial charge in [-0.3, -0.25) is 0 Å². The van der Waals surface area contributed by atoms with Crippen LogP contribution in [-0.2, 0) is 6.54 Å². The van der Waals surface area contributed by atoms with E-state index in [1.165, 1.54) is 5.56 Å². The first-order chi connectivity index (χ1) is 11.1. The van der Waals surface area contributed by atoms with Crippen LogP contribution < -0.4 is 5.32 Å². The topological polar surface area (TPSA) is 29.5 Å². The highest BCUT2D eigenvalue weighted by Crippen LogP contribution is 2.29. The monoisotopic (exact) mass is 363 g/mol. The van der Waals surface area contributed by atoms with Gasteiger partial charge in [0, 0.05) is 21.5 Å². The largest absolute Gasteiger partial charge is 0.335 e. The van der Waals surface area contributed by atoms with Crippen molar-refractivity contribution in [3.05, 3.63) is 75.2 Å². The molecule has 0 saturated heterocycles. The summed E-state index contributed by atoms with van der Waals surface area (Å²) in [5.41, 5.74) is 3.33. The number of hydrogen-bond donors (Lipinski definition) is 1. The molecular formula is C18H17Cl2N2S+. The lowest BCUT2D eigenvalue weighted by Gasteiger charge is -2.10. The highest BCUT2D eigenvalue weighted by atomic mass is 35.5. The van der Waals surface area contributed by atoms with Crippen molar-refractivity contribution in [2.45, 2.75) is 19.5 Å². The molecule has 23 heavy (non-hydrogen) atoms. The Hall–Kier alpha value is -1.39. The van der Waals surface area contributed by atoms with Gasteiger partial charge in [-0.1, -0.05) is 53.5 Å². The second kappa shape index (κ2) is 7.45. The second-order valence-electron chi connectivity index (χ2n) is 5.40. The van der Waals surface area contributed by atoms with Gasteiger partial charge in [-0.25, -0.2) is 4.98 Å². The van der Waals surface area contributed by atoms with Crippen molar-refractivity contribution in [2.24, 2.45) is 0 Å². The van der Waals surface area contributed by atoms with Gasteiger partial charge in [-0.05, 0) is 25.1 Å². The van der Waals surface area contributed by atoms with E-state index >= 15 is 0 Å². The summed E-state index contributed by atoms with van der Waals surface area (Å²) in [6.45, 7) is 3.02. The van der Waals surface area contributed by atoms with E-state index in [0.717, 1.165) is 32.9 Å². The molecule has 3 rings (SSSR count). The maximum absolute atomic E-state index is 6.24. The Morgan fingerprint density at radius 1 is 1.09 bits per heavy atom. The van der Waals surface area contributed by atoms with E-state index in [2.05, 4.69) is 29.8 Å². The van der Waals surface area contributed by atoms with Crippen LogP contribution in [-0.4, -0.2) is 4.98 Å². The number of hydrogen-bond acceptors (Lipinski definition) is 2. The number of quaternary nitrogens is 1. The number of aromatic nitrogens is 1. The van der Waals surface area contributed by atoms with Gasteiger partial charge in [0.2, 0.25) is 0 Å².